The number of amides is 1. The molecule has 1 amide bonds. The third kappa shape index (κ3) is 3.67. The van der Waals surface area contributed by atoms with Crippen molar-refractivity contribution >= 4 is 15.7 Å². The van der Waals surface area contributed by atoms with E-state index in [1.165, 1.54) is 11.1 Å². The summed E-state index contributed by atoms with van der Waals surface area (Å²) in [4.78, 5) is 15.2. The predicted octanol–water partition coefficient (Wildman–Crippen LogP) is 3.73. The highest BCUT2D eigenvalue weighted by Crippen LogP contribution is 2.47. The average molecular weight is 390 g/mol. The van der Waals surface area contributed by atoms with E-state index in [0.29, 0.717) is 30.7 Å². The maximum atomic E-state index is 13.2. The fourth-order valence-electron chi connectivity index (χ4n) is 5.29. The second-order valence-corrected chi connectivity index (χ2v) is 11.3. The molecular formula is C22H31NO3S. The quantitative estimate of drug-likeness (QED) is 0.788. The maximum absolute atomic E-state index is 13.2. The van der Waals surface area contributed by atoms with Gasteiger partial charge in [0, 0.05) is 19.0 Å². The first-order valence-electron chi connectivity index (χ1n) is 10.4. The monoisotopic (exact) mass is 389 g/mol. The van der Waals surface area contributed by atoms with Crippen molar-refractivity contribution in [3.63, 3.8) is 0 Å². The molecule has 1 heterocycles. The van der Waals surface area contributed by atoms with Gasteiger partial charge in [0.2, 0.25) is 5.91 Å². The fourth-order valence-corrected chi connectivity index (χ4v) is 6.91. The zero-order valence-corrected chi connectivity index (χ0v) is 17.2. The van der Waals surface area contributed by atoms with Gasteiger partial charge in [-0.2, -0.15) is 0 Å². The summed E-state index contributed by atoms with van der Waals surface area (Å²) in [7, 11) is -3.01. The lowest BCUT2D eigenvalue weighted by molar-refractivity contribution is -0.135. The van der Waals surface area contributed by atoms with Crippen molar-refractivity contribution in [3.8, 4) is 0 Å². The first-order valence-corrected chi connectivity index (χ1v) is 12.3. The molecular weight excluding hydrogens is 358 g/mol. The Morgan fingerprint density at radius 1 is 1.19 bits per heavy atom. The third-order valence-electron chi connectivity index (χ3n) is 7.08. The van der Waals surface area contributed by atoms with Gasteiger partial charge in [0.25, 0.3) is 0 Å². The van der Waals surface area contributed by atoms with Crippen LogP contribution >= 0.6 is 0 Å². The van der Waals surface area contributed by atoms with Crippen LogP contribution in [-0.4, -0.2) is 43.3 Å². The second kappa shape index (κ2) is 7.23. The highest BCUT2D eigenvalue weighted by Gasteiger charge is 2.42. The Morgan fingerprint density at radius 2 is 1.89 bits per heavy atom. The molecule has 3 aliphatic rings. The summed E-state index contributed by atoms with van der Waals surface area (Å²) in [5, 5.41) is 0. The minimum Gasteiger partial charge on any atom is -0.337 e. The van der Waals surface area contributed by atoms with E-state index in [-0.39, 0.29) is 29.4 Å². The molecule has 27 heavy (non-hydrogen) atoms. The number of carbonyl (C=O) groups is 1. The molecule has 0 aromatic heterocycles. The number of nitrogens with zero attached hydrogens (tertiary/aromatic N) is 1. The molecule has 2 fully saturated rings. The number of fused-ring (bicyclic) bond motifs is 1. The van der Waals surface area contributed by atoms with E-state index in [0.717, 1.165) is 25.7 Å². The first kappa shape index (κ1) is 19.0. The van der Waals surface area contributed by atoms with Crippen LogP contribution in [0.5, 0.6) is 0 Å². The van der Waals surface area contributed by atoms with Gasteiger partial charge in [-0.25, -0.2) is 8.42 Å². The summed E-state index contributed by atoms with van der Waals surface area (Å²) in [5.74, 6) is 2.17. The zero-order chi connectivity index (χ0) is 19.2. The Kier molecular flexibility index (Phi) is 5.08. The normalized spacial score (nSPS) is 30.2. The number of sulfone groups is 1. The third-order valence-corrected chi connectivity index (χ3v) is 8.74. The highest BCUT2D eigenvalue weighted by atomic mass is 32.2. The van der Waals surface area contributed by atoms with Crippen molar-refractivity contribution in [2.75, 3.05) is 18.1 Å². The molecule has 1 aromatic carbocycles. The van der Waals surface area contributed by atoms with Gasteiger partial charge >= 0.3 is 0 Å². The van der Waals surface area contributed by atoms with E-state index in [1.54, 1.807) is 0 Å². The van der Waals surface area contributed by atoms with Gasteiger partial charge in [-0.15, -0.1) is 0 Å². The Hall–Kier alpha value is -1.36. The number of rotatable bonds is 4. The second-order valence-electron chi connectivity index (χ2n) is 9.08. The molecule has 1 saturated carbocycles. The summed E-state index contributed by atoms with van der Waals surface area (Å²) in [6.45, 7) is 4.89. The molecule has 1 saturated heterocycles. The number of hydrogen-bond donors (Lipinski definition) is 0. The van der Waals surface area contributed by atoms with Crippen LogP contribution in [0.15, 0.2) is 24.3 Å². The summed E-state index contributed by atoms with van der Waals surface area (Å²) in [6, 6.07) is 8.47. The average Bonchev–Trinajstić information content (AvgIpc) is 2.92. The topological polar surface area (TPSA) is 54.5 Å². The van der Waals surface area contributed by atoms with Crippen LogP contribution in [0.1, 0.15) is 68.9 Å². The van der Waals surface area contributed by atoms with E-state index in [2.05, 4.69) is 38.1 Å². The van der Waals surface area contributed by atoms with Gasteiger partial charge in [-0.05, 0) is 54.1 Å². The largest absolute Gasteiger partial charge is 0.337 e. The van der Waals surface area contributed by atoms with Crippen molar-refractivity contribution in [2.24, 2.45) is 11.8 Å². The SMILES string of the molecule is CC(C)[C@@H]1C[C@@H](CC(=O)N2CCS(=O)(=O)CC2C2CCC2)c2ccccc21. The van der Waals surface area contributed by atoms with Crippen LogP contribution in [0.25, 0.3) is 0 Å². The molecule has 1 unspecified atom stereocenters. The van der Waals surface area contributed by atoms with Gasteiger partial charge in [0.15, 0.2) is 9.84 Å². The molecule has 5 heteroatoms. The van der Waals surface area contributed by atoms with Crippen LogP contribution in [0.2, 0.25) is 0 Å². The molecule has 4 rings (SSSR count). The molecule has 2 aliphatic carbocycles. The fraction of sp³-hybridized carbons (Fsp3) is 0.682. The molecule has 0 radical (unpaired) electrons. The van der Waals surface area contributed by atoms with Crippen molar-refractivity contribution < 1.29 is 13.2 Å². The lowest BCUT2D eigenvalue weighted by Gasteiger charge is -2.44. The van der Waals surface area contributed by atoms with Crippen LogP contribution < -0.4 is 0 Å². The molecule has 1 aliphatic heterocycles. The minimum atomic E-state index is -3.01. The lowest BCUT2D eigenvalue weighted by atomic mass is 9.79. The van der Waals surface area contributed by atoms with Crippen LogP contribution in [-0.2, 0) is 14.6 Å². The Labute approximate surface area is 163 Å². The summed E-state index contributed by atoms with van der Waals surface area (Å²) >= 11 is 0. The smallest absolute Gasteiger partial charge is 0.223 e. The Balaban J connectivity index is 1.52. The lowest BCUT2D eigenvalue weighted by Crippen LogP contribution is -2.55. The maximum Gasteiger partial charge on any atom is 0.223 e. The van der Waals surface area contributed by atoms with E-state index in [9.17, 15) is 13.2 Å². The standard InChI is InChI=1S/C22H31NO3S/c1-15(2)20-12-17(18-8-3-4-9-19(18)20)13-22(24)23-10-11-27(25,26)14-21(23)16-6-5-7-16/h3-4,8-9,15-17,20-21H,5-7,10-14H2,1-2H3/t17-,20-,21?/m0/s1. The van der Waals surface area contributed by atoms with Gasteiger partial charge in [0.1, 0.15) is 0 Å². The summed E-state index contributed by atoms with van der Waals surface area (Å²) in [5.41, 5.74) is 2.73. The molecule has 148 valence electrons. The first-order chi connectivity index (χ1) is 12.9. The highest BCUT2D eigenvalue weighted by molar-refractivity contribution is 7.91. The minimum absolute atomic E-state index is 0.0949. The molecule has 0 spiro atoms. The van der Waals surface area contributed by atoms with Gasteiger partial charge in [-0.3, -0.25) is 4.79 Å². The van der Waals surface area contributed by atoms with Crippen molar-refractivity contribution in [3.05, 3.63) is 35.4 Å². The van der Waals surface area contributed by atoms with Crippen molar-refractivity contribution in [1.29, 1.82) is 0 Å². The molecule has 3 atom stereocenters. The van der Waals surface area contributed by atoms with Crippen LogP contribution in [0.4, 0.5) is 0 Å². The number of benzene rings is 1. The molecule has 4 nitrogen and oxygen atoms in total. The van der Waals surface area contributed by atoms with Gasteiger partial charge < -0.3 is 4.90 Å². The van der Waals surface area contributed by atoms with Crippen molar-refractivity contribution in [1.82, 2.24) is 4.90 Å². The van der Waals surface area contributed by atoms with E-state index < -0.39 is 9.84 Å². The van der Waals surface area contributed by atoms with Crippen molar-refractivity contribution in [2.45, 2.75) is 63.8 Å². The Bertz CT molecular complexity index is 813. The molecule has 0 N–H and O–H groups in total. The van der Waals surface area contributed by atoms with E-state index in [1.807, 2.05) is 4.90 Å². The number of hydrogen-bond acceptors (Lipinski definition) is 3. The molecule has 0 bridgehead atoms. The predicted molar refractivity (Wildman–Crippen MR) is 107 cm³/mol. The summed E-state index contributed by atoms with van der Waals surface area (Å²) < 4.78 is 24.3. The van der Waals surface area contributed by atoms with Gasteiger partial charge in [0.05, 0.1) is 11.5 Å². The number of carbonyl (C=O) groups excluding carboxylic acids is 1. The zero-order valence-electron chi connectivity index (χ0n) is 16.4. The van der Waals surface area contributed by atoms with Crippen LogP contribution in [0, 0.1) is 11.8 Å². The summed E-state index contributed by atoms with van der Waals surface area (Å²) in [6.07, 6.45) is 4.83. The van der Waals surface area contributed by atoms with E-state index in [4.69, 9.17) is 0 Å². The van der Waals surface area contributed by atoms with Gasteiger partial charge in [-0.1, -0.05) is 44.5 Å². The van der Waals surface area contributed by atoms with Crippen LogP contribution in [0.3, 0.4) is 0 Å². The molecule has 1 aromatic rings. The van der Waals surface area contributed by atoms with E-state index >= 15 is 0 Å². The Morgan fingerprint density at radius 3 is 2.52 bits per heavy atom.